The minimum absolute atomic E-state index is 0.0652. The zero-order chi connectivity index (χ0) is 21.2. The summed E-state index contributed by atoms with van der Waals surface area (Å²) in [6, 6.07) is 12.0. The number of rotatable bonds is 5. The van der Waals surface area contributed by atoms with Crippen molar-refractivity contribution < 1.29 is 22.9 Å². The molecule has 3 rings (SSSR count). The van der Waals surface area contributed by atoms with Gasteiger partial charge in [0.1, 0.15) is 5.69 Å². The van der Waals surface area contributed by atoms with Gasteiger partial charge in [-0.1, -0.05) is 29.5 Å². The molecule has 0 saturated carbocycles. The van der Waals surface area contributed by atoms with E-state index in [1.54, 1.807) is 5.10 Å². The fourth-order valence-corrected chi connectivity index (χ4v) is 3.25. The lowest BCUT2D eigenvalue weighted by Crippen LogP contribution is -2.12. The van der Waals surface area contributed by atoms with Crippen LogP contribution in [0.25, 0.3) is 0 Å². The number of aromatic nitrogens is 2. The Hall–Kier alpha value is -3.34. The SMILES string of the molecule is Cc1ccc(Sc2cc(NC(=O)c3cc(C(F)(F)F)[nH]n3)cc([N+](=O)[O-])c2)cc1. The van der Waals surface area contributed by atoms with Crippen LogP contribution in [0.3, 0.4) is 0 Å². The molecule has 1 aromatic heterocycles. The van der Waals surface area contributed by atoms with E-state index in [1.165, 1.54) is 23.9 Å². The predicted octanol–water partition coefficient (Wildman–Crippen LogP) is 5.05. The second kappa shape index (κ2) is 7.95. The van der Waals surface area contributed by atoms with Gasteiger partial charge in [0.05, 0.1) is 4.92 Å². The lowest BCUT2D eigenvalue weighted by atomic mass is 10.2. The maximum Gasteiger partial charge on any atom is 0.432 e. The second-order valence-corrected chi connectivity index (χ2v) is 7.15. The first kappa shape index (κ1) is 20.4. The standard InChI is InChI=1S/C18H13F3N4O3S/c1-10-2-4-13(5-3-10)29-14-7-11(6-12(8-14)25(27)28)22-17(26)15-9-16(24-23-15)18(19,20)21/h2-9H,1H3,(H,22,26)(H,23,24). The first-order chi connectivity index (χ1) is 13.6. The number of carbonyl (C=O) groups excluding carboxylic acids is 1. The van der Waals surface area contributed by atoms with Crippen molar-refractivity contribution in [1.82, 2.24) is 10.2 Å². The van der Waals surface area contributed by atoms with E-state index in [9.17, 15) is 28.1 Å². The highest BCUT2D eigenvalue weighted by Gasteiger charge is 2.33. The van der Waals surface area contributed by atoms with Gasteiger partial charge in [-0.3, -0.25) is 20.0 Å². The molecule has 0 aliphatic heterocycles. The maximum atomic E-state index is 12.6. The predicted molar refractivity (Wildman–Crippen MR) is 99.9 cm³/mol. The molecule has 0 spiro atoms. The van der Waals surface area contributed by atoms with Crippen LogP contribution in [-0.2, 0) is 6.18 Å². The Kier molecular flexibility index (Phi) is 5.59. The van der Waals surface area contributed by atoms with E-state index in [4.69, 9.17) is 0 Å². The number of carbonyl (C=O) groups is 1. The summed E-state index contributed by atoms with van der Waals surface area (Å²) in [7, 11) is 0. The third-order valence-corrected chi connectivity index (χ3v) is 4.71. The first-order valence-electron chi connectivity index (χ1n) is 8.10. The van der Waals surface area contributed by atoms with Gasteiger partial charge in [-0.25, -0.2) is 0 Å². The fourth-order valence-electron chi connectivity index (χ4n) is 2.34. The molecule has 2 aromatic carbocycles. The minimum atomic E-state index is -4.67. The van der Waals surface area contributed by atoms with E-state index < -0.39 is 28.4 Å². The quantitative estimate of drug-likeness (QED) is 0.443. The van der Waals surface area contributed by atoms with Gasteiger partial charge in [0.25, 0.3) is 11.6 Å². The number of anilines is 1. The molecule has 29 heavy (non-hydrogen) atoms. The average molecular weight is 422 g/mol. The van der Waals surface area contributed by atoms with Crippen molar-refractivity contribution in [3.8, 4) is 0 Å². The Morgan fingerprint density at radius 3 is 2.41 bits per heavy atom. The molecule has 0 radical (unpaired) electrons. The molecule has 0 fully saturated rings. The molecule has 0 aliphatic carbocycles. The number of non-ortho nitro benzene ring substituents is 1. The molecule has 0 saturated heterocycles. The third-order valence-electron chi connectivity index (χ3n) is 3.73. The van der Waals surface area contributed by atoms with E-state index in [0.29, 0.717) is 11.0 Å². The van der Waals surface area contributed by atoms with Crippen molar-refractivity contribution in [3.05, 3.63) is 75.6 Å². The van der Waals surface area contributed by atoms with Gasteiger partial charge >= 0.3 is 6.18 Å². The molecular weight excluding hydrogens is 409 g/mol. The zero-order valence-corrected chi connectivity index (χ0v) is 15.6. The van der Waals surface area contributed by atoms with E-state index in [2.05, 4.69) is 10.4 Å². The average Bonchev–Trinajstić information content (AvgIpc) is 3.14. The van der Waals surface area contributed by atoms with Crippen molar-refractivity contribution in [1.29, 1.82) is 0 Å². The van der Waals surface area contributed by atoms with Crippen molar-refractivity contribution >= 4 is 29.0 Å². The second-order valence-electron chi connectivity index (χ2n) is 6.01. The van der Waals surface area contributed by atoms with Gasteiger partial charge in [0.15, 0.2) is 5.69 Å². The Morgan fingerprint density at radius 2 is 1.83 bits per heavy atom. The summed E-state index contributed by atoms with van der Waals surface area (Å²) >= 11 is 1.25. The van der Waals surface area contributed by atoms with Crippen LogP contribution in [0.15, 0.2) is 58.3 Å². The summed E-state index contributed by atoms with van der Waals surface area (Å²) in [6.07, 6.45) is -4.67. The molecule has 150 valence electrons. The molecule has 2 N–H and O–H groups in total. The van der Waals surface area contributed by atoms with E-state index in [1.807, 2.05) is 31.2 Å². The number of benzene rings is 2. The van der Waals surface area contributed by atoms with Crippen molar-refractivity contribution in [2.75, 3.05) is 5.32 Å². The molecule has 3 aromatic rings. The monoisotopic (exact) mass is 422 g/mol. The molecule has 0 atom stereocenters. The summed E-state index contributed by atoms with van der Waals surface area (Å²) < 4.78 is 37.9. The van der Waals surface area contributed by atoms with Crippen LogP contribution in [0, 0.1) is 17.0 Å². The van der Waals surface area contributed by atoms with Gasteiger partial charge < -0.3 is 5.32 Å². The zero-order valence-electron chi connectivity index (χ0n) is 14.8. The Bertz CT molecular complexity index is 1060. The summed E-state index contributed by atoms with van der Waals surface area (Å²) in [6.45, 7) is 1.93. The molecule has 1 heterocycles. The summed E-state index contributed by atoms with van der Waals surface area (Å²) in [5.41, 5.74) is -0.807. The van der Waals surface area contributed by atoms with Gasteiger partial charge in [-0.05, 0) is 25.1 Å². The molecular formula is C18H13F3N4O3S. The summed E-state index contributed by atoms with van der Waals surface area (Å²) in [5, 5.41) is 18.6. The highest BCUT2D eigenvalue weighted by molar-refractivity contribution is 7.99. The van der Waals surface area contributed by atoms with E-state index >= 15 is 0 Å². The Balaban J connectivity index is 1.85. The number of aryl methyl sites for hydroxylation is 1. The molecule has 1 amide bonds. The highest BCUT2D eigenvalue weighted by Crippen LogP contribution is 2.33. The number of nitrogens with one attached hydrogen (secondary N) is 2. The van der Waals surface area contributed by atoms with Crippen LogP contribution < -0.4 is 5.32 Å². The van der Waals surface area contributed by atoms with Crippen LogP contribution in [0.5, 0.6) is 0 Å². The van der Waals surface area contributed by atoms with Crippen molar-refractivity contribution in [2.24, 2.45) is 0 Å². The third kappa shape index (κ3) is 5.13. The number of nitro groups is 1. The normalized spacial score (nSPS) is 11.3. The number of nitro benzene ring substituents is 1. The maximum absolute atomic E-state index is 12.6. The number of halogens is 3. The smallest absolute Gasteiger partial charge is 0.320 e. The minimum Gasteiger partial charge on any atom is -0.320 e. The van der Waals surface area contributed by atoms with Crippen molar-refractivity contribution in [2.45, 2.75) is 22.9 Å². The van der Waals surface area contributed by atoms with Crippen LogP contribution in [0.4, 0.5) is 24.5 Å². The Morgan fingerprint density at radius 1 is 1.14 bits per heavy atom. The summed E-state index contributed by atoms with van der Waals surface area (Å²) in [5.74, 6) is -0.927. The lowest BCUT2D eigenvalue weighted by Gasteiger charge is -2.07. The number of alkyl halides is 3. The summed E-state index contributed by atoms with van der Waals surface area (Å²) in [4.78, 5) is 24.1. The largest absolute Gasteiger partial charge is 0.432 e. The first-order valence-corrected chi connectivity index (χ1v) is 8.91. The van der Waals surface area contributed by atoms with Crippen LogP contribution in [-0.4, -0.2) is 21.0 Å². The van der Waals surface area contributed by atoms with Crippen molar-refractivity contribution in [3.63, 3.8) is 0 Å². The molecule has 0 unspecified atom stereocenters. The molecule has 11 heteroatoms. The van der Waals surface area contributed by atoms with Gasteiger partial charge in [0.2, 0.25) is 0 Å². The number of hydrogen-bond donors (Lipinski definition) is 2. The molecule has 7 nitrogen and oxygen atoms in total. The van der Waals surface area contributed by atoms with E-state index in [-0.39, 0.29) is 11.4 Å². The number of hydrogen-bond acceptors (Lipinski definition) is 5. The number of nitrogens with zero attached hydrogens (tertiary/aromatic N) is 2. The Labute approximate surface area is 166 Å². The molecule has 0 aliphatic rings. The highest BCUT2D eigenvalue weighted by atomic mass is 32.2. The molecule has 0 bridgehead atoms. The lowest BCUT2D eigenvalue weighted by molar-refractivity contribution is -0.385. The van der Waals surface area contributed by atoms with Gasteiger partial charge in [-0.15, -0.1) is 0 Å². The topological polar surface area (TPSA) is 101 Å². The number of H-pyrrole nitrogens is 1. The van der Waals surface area contributed by atoms with Gasteiger partial charge in [0, 0.05) is 33.7 Å². The van der Waals surface area contributed by atoms with Crippen LogP contribution in [0.2, 0.25) is 0 Å². The number of aromatic amines is 1. The van der Waals surface area contributed by atoms with Crippen LogP contribution >= 0.6 is 11.8 Å². The van der Waals surface area contributed by atoms with Gasteiger partial charge in [-0.2, -0.15) is 18.3 Å². The van der Waals surface area contributed by atoms with Crippen LogP contribution in [0.1, 0.15) is 21.7 Å². The number of amides is 1. The fraction of sp³-hybridized carbons (Fsp3) is 0.111. The van der Waals surface area contributed by atoms with E-state index in [0.717, 1.165) is 16.5 Å².